The van der Waals surface area contributed by atoms with Crippen molar-refractivity contribution >= 4 is 109 Å². The summed E-state index contributed by atoms with van der Waals surface area (Å²) in [5.41, 5.74) is 22.9. The molecule has 0 saturated heterocycles. The van der Waals surface area contributed by atoms with Gasteiger partial charge in [0.05, 0.1) is 95.9 Å². The maximum absolute atomic E-state index is 13.9. The first-order valence-electron chi connectivity index (χ1n) is 33.8. The van der Waals surface area contributed by atoms with E-state index < -0.39 is 80.2 Å². The molecule has 0 amide bonds. The molecule has 0 bridgehead atoms. The number of nitrogens with zero attached hydrogens (tertiary/aromatic N) is 23. The first kappa shape index (κ1) is 80.8. The van der Waals surface area contributed by atoms with Crippen LogP contribution in [0.5, 0.6) is 11.8 Å². The molecule has 0 atom stereocenters. The molecule has 0 saturated carbocycles. The number of methoxy groups -OCH3 is 2. The van der Waals surface area contributed by atoms with E-state index in [1.54, 1.807) is 36.4 Å². The first-order valence-corrected chi connectivity index (χ1v) is 39.6. The average molecular weight is 1720 g/mol. The van der Waals surface area contributed by atoms with Crippen molar-refractivity contribution in [3.63, 3.8) is 0 Å². The molecule has 120 heavy (non-hydrogen) atoms. The molecule has 4 aromatic carbocycles. The number of halogens is 6. The summed E-state index contributed by atoms with van der Waals surface area (Å²) < 4.78 is 200. The largest absolute Gasteiger partial charge is 0.480 e. The number of imidazole rings is 4. The highest BCUT2D eigenvalue weighted by atomic mass is 35.5. The van der Waals surface area contributed by atoms with E-state index >= 15 is 0 Å². The van der Waals surface area contributed by atoms with Crippen LogP contribution in [0, 0.1) is 53.8 Å². The van der Waals surface area contributed by atoms with E-state index in [4.69, 9.17) is 46.4 Å². The Labute approximate surface area is 679 Å². The predicted octanol–water partition coefficient (Wildman–Crippen LogP) is 13.0. The van der Waals surface area contributed by atoms with Crippen LogP contribution >= 0.6 is 11.6 Å². The lowest BCUT2D eigenvalue weighted by molar-refractivity contribution is 0.400. The van der Waals surface area contributed by atoms with E-state index in [2.05, 4.69) is 116 Å². The number of pyridine rings is 4. The maximum Gasteiger partial charge on any atom is 0.264 e. The zero-order valence-corrected chi connectivity index (χ0v) is 64.6. The Morgan fingerprint density at radius 2 is 0.833 bits per heavy atom. The monoisotopic (exact) mass is 1720 g/mol. The number of benzene rings is 4. The number of nitrogens with one attached hydrogen (secondary N) is 4. The lowest BCUT2D eigenvalue weighted by Gasteiger charge is -2.12. The van der Waals surface area contributed by atoms with Crippen molar-refractivity contribution in [1.82, 2.24) is 83.3 Å². The highest BCUT2D eigenvalue weighted by molar-refractivity contribution is 7.93. The van der Waals surface area contributed by atoms with Gasteiger partial charge in [-0.1, -0.05) is 11.6 Å². The molecule has 0 aliphatic heterocycles. The lowest BCUT2D eigenvalue weighted by Crippen LogP contribution is -2.15. The maximum atomic E-state index is 13.9. The van der Waals surface area contributed by atoms with Crippen LogP contribution < -0.4 is 28.4 Å². The Balaban J connectivity index is 0.000000139. The van der Waals surface area contributed by atoms with Crippen molar-refractivity contribution < 1.29 is 66.5 Å². The van der Waals surface area contributed by atoms with Gasteiger partial charge < -0.3 is 9.47 Å². The van der Waals surface area contributed by atoms with E-state index in [-0.39, 0.29) is 66.0 Å². The number of hydrogen-bond donors (Lipinski definition) is 4. The summed E-state index contributed by atoms with van der Waals surface area (Å²) in [5, 5.41) is 24.4. The van der Waals surface area contributed by atoms with Crippen molar-refractivity contribution in [2.24, 2.45) is 10.2 Å². The van der Waals surface area contributed by atoms with E-state index in [9.17, 15) is 55.6 Å². The second-order valence-electron chi connectivity index (χ2n) is 23.9. The van der Waals surface area contributed by atoms with Crippen LogP contribution in [-0.4, -0.2) is 131 Å². The molecule has 16 rings (SSSR count). The molecule has 600 valence electrons. The predicted molar refractivity (Wildman–Crippen MR) is 423 cm³/mol. The molecule has 0 spiro atoms. The number of anilines is 4. The molecule has 0 fully saturated rings. The number of ether oxygens (including phenoxy) is 2. The first-order chi connectivity index (χ1) is 58.0. The Morgan fingerprint density at radius 3 is 1.31 bits per heavy atom. The minimum absolute atomic E-state index is 0.0151. The molecular weight excluding hydrogens is 1670 g/mol. The van der Waals surface area contributed by atoms with E-state index in [0.29, 0.717) is 85.2 Å². The molecule has 12 heterocycles. The van der Waals surface area contributed by atoms with Crippen LogP contribution in [0.3, 0.4) is 0 Å². The minimum Gasteiger partial charge on any atom is -0.480 e. The Bertz CT molecular complexity index is 7450. The zero-order chi connectivity index (χ0) is 86.1. The summed E-state index contributed by atoms with van der Waals surface area (Å²) in [6.45, 7) is 0. The van der Waals surface area contributed by atoms with Gasteiger partial charge in [-0.2, -0.15) is 24.9 Å². The van der Waals surface area contributed by atoms with Crippen LogP contribution in [-0.2, 0) is 40.1 Å². The van der Waals surface area contributed by atoms with Crippen molar-refractivity contribution in [2.75, 3.05) is 33.1 Å². The second-order valence-corrected chi connectivity index (χ2v) is 30.9. The Morgan fingerprint density at radius 1 is 0.433 bits per heavy atom. The normalized spacial score (nSPS) is 11.4. The third-order valence-electron chi connectivity index (χ3n) is 16.2. The van der Waals surface area contributed by atoms with E-state index in [1.165, 1.54) is 112 Å². The molecule has 4 N–H and O–H groups in total. The van der Waals surface area contributed by atoms with Crippen molar-refractivity contribution in [1.29, 1.82) is 0 Å². The lowest BCUT2D eigenvalue weighted by atomic mass is 10.2. The quantitative estimate of drug-likeness (QED) is 0.0137. The smallest absolute Gasteiger partial charge is 0.264 e. The highest BCUT2D eigenvalue weighted by Gasteiger charge is 2.25. The van der Waals surface area contributed by atoms with Gasteiger partial charge in [-0.05, 0) is 179 Å². The van der Waals surface area contributed by atoms with Crippen molar-refractivity contribution in [3.8, 4) is 81.5 Å². The number of terminal acetylenes is 2. The second kappa shape index (κ2) is 34.7. The SMILES string of the molecule is C#Cc1cnc2ncc(-c3cnc(OC)c(NS(=O)(=O)c4ccc(F)cc4)c3)nn12.COc1ncc(-c2ccc3ncc(N=[N+]=[N-])n3n2)cc1NS(=O)(=O)c1ccc(F)cc1.[2H]c1ncc(-c2ccc3ncc(C#C)n3n2)cc1NS(=O)(=O)c1ccc(F)cc1F.[N-]=[N+]=Nc1cnc2ccc(-c3cnc(Cl)c(NS(=O)(=O)c4ccc(F)cc4)c3)nn12. The summed E-state index contributed by atoms with van der Waals surface area (Å²) in [5.74, 6) is 1.86. The Kier molecular flexibility index (Phi) is 23.4. The van der Waals surface area contributed by atoms with Crippen LogP contribution in [0.2, 0.25) is 5.15 Å². The average Bonchev–Trinajstić information content (AvgIpc) is 1.79. The third-order valence-corrected chi connectivity index (χ3v) is 22.0. The van der Waals surface area contributed by atoms with Gasteiger partial charge in [0.2, 0.25) is 11.8 Å². The van der Waals surface area contributed by atoms with Gasteiger partial charge in [0, 0.05) is 62.9 Å². The van der Waals surface area contributed by atoms with Gasteiger partial charge >= 0.3 is 0 Å². The standard InChI is InChI=1S/C19H11F2N5O2S.C19H13FN6O3S.C18H13FN8O3S.C17H10ClFN8O2S/c1-2-15-11-23-19-6-4-17(24-26(15)19)12-7-14(10-22-9-12)25-29(27,28)18-5-3-13(20)8-16(18)21;1-3-14-10-22-19-23-11-17(24-26(14)19)12-8-16(18(29-2)21-9-12)25-30(27,28)15-6-4-13(20)5-7-15;1-30-18-15(25-31(28,29)13-4-2-12(19)3-5-13)8-11(9-22-18)14-6-7-16-21-10-17(23-26-20)27(16)24-14;18-17-14(25-30(28,29)12-3-1-11(19)2-4-12)7-10(8-22-17)13-5-6-15-21-9-16(23-26-20)27(15)24-13/h1,3-11,25H;1,4-11,25H,2H3;2-10,25H,1H3;1-9,25H/i10D;;;. The van der Waals surface area contributed by atoms with Gasteiger partial charge in [-0.15, -0.1) is 12.8 Å². The topological polar surface area (TPSA) is 486 Å². The molecule has 0 unspecified atom stereocenters. The molecule has 16 aromatic rings. The number of rotatable bonds is 20. The number of aromatic nitrogens is 17. The van der Waals surface area contributed by atoms with Crippen LogP contribution in [0.25, 0.3) is 88.6 Å². The summed E-state index contributed by atoms with van der Waals surface area (Å²) in [6.07, 6.45) is 23.3. The molecular formula is C73H47ClF5N27O10S4. The van der Waals surface area contributed by atoms with E-state index in [0.717, 1.165) is 84.9 Å². The van der Waals surface area contributed by atoms with Gasteiger partial charge in [0.15, 0.2) is 22.1 Å². The summed E-state index contributed by atoms with van der Waals surface area (Å²) in [4.78, 5) is 41.0. The summed E-state index contributed by atoms with van der Waals surface area (Å²) in [6, 6.07) is 30.9. The Hall–Kier alpha value is -15.8. The molecule has 12 aromatic heterocycles. The minimum atomic E-state index is -4.43. The summed E-state index contributed by atoms with van der Waals surface area (Å²) >= 11 is 6.06. The van der Waals surface area contributed by atoms with Crippen molar-refractivity contribution in [3.05, 3.63) is 280 Å². The number of azide groups is 2. The number of sulfonamides is 4. The van der Waals surface area contributed by atoms with Gasteiger partial charge in [-0.25, -0.2) is 109 Å². The zero-order valence-electron chi connectivity index (χ0n) is 61.6. The highest BCUT2D eigenvalue weighted by Crippen LogP contribution is 2.34. The number of fused-ring (bicyclic) bond motifs is 4. The fourth-order valence-corrected chi connectivity index (χ4v) is 15.1. The fraction of sp³-hybridized carbons (Fsp3) is 0.0274. The molecule has 0 radical (unpaired) electrons. The molecule has 0 aliphatic rings. The van der Waals surface area contributed by atoms with Gasteiger partial charge in [0.25, 0.3) is 45.9 Å². The van der Waals surface area contributed by atoms with Crippen LogP contribution in [0.4, 0.5) is 56.3 Å². The van der Waals surface area contributed by atoms with Crippen LogP contribution in [0.15, 0.2) is 243 Å². The summed E-state index contributed by atoms with van der Waals surface area (Å²) in [7, 11) is -13.8. The van der Waals surface area contributed by atoms with Gasteiger partial charge in [-0.3, -0.25) is 23.9 Å². The number of hydrogen-bond acceptors (Lipinski definition) is 25. The molecule has 37 nitrogen and oxygen atoms in total. The fourth-order valence-electron chi connectivity index (χ4n) is 10.6. The van der Waals surface area contributed by atoms with E-state index in [1.807, 2.05) is 0 Å². The molecule has 0 aliphatic carbocycles. The van der Waals surface area contributed by atoms with Gasteiger partial charge in [0.1, 0.15) is 74.1 Å². The van der Waals surface area contributed by atoms with Crippen molar-refractivity contribution in [2.45, 2.75) is 19.6 Å². The van der Waals surface area contributed by atoms with Crippen LogP contribution in [0.1, 0.15) is 12.8 Å². The third kappa shape index (κ3) is 18.4. The molecule has 47 heteroatoms.